The molecule has 3 nitrogen and oxygen atoms in total. The van der Waals surface area contributed by atoms with Crippen molar-refractivity contribution in [3.63, 3.8) is 0 Å². The van der Waals surface area contributed by atoms with Gasteiger partial charge in [0.25, 0.3) is 5.91 Å². The van der Waals surface area contributed by atoms with Gasteiger partial charge in [0, 0.05) is 31.7 Å². The van der Waals surface area contributed by atoms with Crippen LogP contribution in [0.2, 0.25) is 0 Å². The molecule has 2 fully saturated rings. The summed E-state index contributed by atoms with van der Waals surface area (Å²) in [4.78, 5) is 17.5. The van der Waals surface area contributed by atoms with Gasteiger partial charge in [-0.3, -0.25) is 4.79 Å². The number of benzene rings is 2. The molecule has 4 rings (SSSR count). The molecule has 1 amide bonds. The lowest BCUT2D eigenvalue weighted by molar-refractivity contribution is 0.0158. The average molecular weight is 363 g/mol. The largest absolute Gasteiger partial charge is 0.339 e. The molecule has 0 unspecified atom stereocenters. The molecule has 27 heavy (non-hydrogen) atoms. The Morgan fingerprint density at radius 3 is 2.26 bits per heavy atom. The Hall–Kier alpha value is -2.13. The maximum atomic E-state index is 12.8. The molecule has 0 aromatic heterocycles. The first-order chi connectivity index (χ1) is 13.2. The number of rotatable bonds is 3. The number of likely N-dealkylation sites (N-methyl/N-ethyl adjacent to an activating group) is 1. The molecule has 0 N–H and O–H groups in total. The summed E-state index contributed by atoms with van der Waals surface area (Å²) in [5.74, 6) is 0.796. The number of likely N-dealkylation sites (tertiary alicyclic amines) is 2. The van der Waals surface area contributed by atoms with E-state index in [1.54, 1.807) is 0 Å². The molecule has 0 aliphatic carbocycles. The van der Waals surface area contributed by atoms with Gasteiger partial charge in [0.1, 0.15) is 0 Å². The number of carbonyl (C=O) groups is 1. The van der Waals surface area contributed by atoms with E-state index >= 15 is 0 Å². The van der Waals surface area contributed by atoms with Crippen molar-refractivity contribution >= 4 is 5.91 Å². The molecule has 3 heteroatoms. The summed E-state index contributed by atoms with van der Waals surface area (Å²) in [6.07, 6.45) is 3.48. The monoisotopic (exact) mass is 362 g/mol. The Morgan fingerprint density at radius 2 is 1.63 bits per heavy atom. The van der Waals surface area contributed by atoms with Crippen LogP contribution in [0.3, 0.4) is 0 Å². The van der Waals surface area contributed by atoms with E-state index in [9.17, 15) is 4.79 Å². The first kappa shape index (κ1) is 18.2. The molecule has 2 aliphatic heterocycles. The molecule has 0 saturated carbocycles. The summed E-state index contributed by atoms with van der Waals surface area (Å²) in [7, 11) is 0. The first-order valence-electron chi connectivity index (χ1n) is 10.3. The van der Waals surface area contributed by atoms with E-state index in [0.717, 1.165) is 44.6 Å². The number of piperidine rings is 2. The van der Waals surface area contributed by atoms with Crippen LogP contribution in [0.4, 0.5) is 0 Å². The van der Waals surface area contributed by atoms with Crippen LogP contribution in [-0.2, 0) is 0 Å². The molecule has 2 heterocycles. The predicted octanol–water partition coefficient (Wildman–Crippen LogP) is 4.42. The normalized spacial score (nSPS) is 22.7. The second-order valence-electron chi connectivity index (χ2n) is 8.30. The molecular weight excluding hydrogens is 332 g/mol. The summed E-state index contributed by atoms with van der Waals surface area (Å²) in [6, 6.07) is 20.7. The Labute approximate surface area is 163 Å². The summed E-state index contributed by atoms with van der Waals surface area (Å²) in [6.45, 7) is 7.49. The third kappa shape index (κ3) is 3.93. The average Bonchev–Trinajstić information content (AvgIpc) is 2.75. The topological polar surface area (TPSA) is 23.6 Å². The second kappa shape index (κ2) is 7.85. The number of carbonyl (C=O) groups excluding carboxylic acids is 1. The van der Waals surface area contributed by atoms with Crippen LogP contribution in [0.5, 0.6) is 0 Å². The van der Waals surface area contributed by atoms with Crippen LogP contribution in [0.25, 0.3) is 0 Å². The molecule has 0 radical (unpaired) electrons. The third-order valence-electron chi connectivity index (χ3n) is 6.57. The smallest absolute Gasteiger partial charge is 0.253 e. The van der Waals surface area contributed by atoms with Crippen LogP contribution in [0.15, 0.2) is 60.7 Å². The van der Waals surface area contributed by atoms with Gasteiger partial charge in [0.2, 0.25) is 0 Å². The number of nitrogens with zero attached hydrogens (tertiary/aromatic N) is 2. The van der Waals surface area contributed by atoms with E-state index in [2.05, 4.69) is 47.1 Å². The minimum absolute atomic E-state index is 0.188. The minimum atomic E-state index is 0.188. The molecule has 1 spiro atoms. The predicted molar refractivity (Wildman–Crippen MR) is 110 cm³/mol. The highest BCUT2D eigenvalue weighted by atomic mass is 16.2. The van der Waals surface area contributed by atoms with Gasteiger partial charge < -0.3 is 9.80 Å². The van der Waals surface area contributed by atoms with Crippen molar-refractivity contribution in [3.05, 3.63) is 71.8 Å². The van der Waals surface area contributed by atoms with Gasteiger partial charge in [-0.1, -0.05) is 55.5 Å². The van der Waals surface area contributed by atoms with E-state index < -0.39 is 0 Å². The number of amides is 1. The molecule has 0 bridgehead atoms. The fourth-order valence-corrected chi connectivity index (χ4v) is 5.00. The highest BCUT2D eigenvalue weighted by Crippen LogP contribution is 2.45. The fraction of sp³-hybridized carbons (Fsp3) is 0.458. The van der Waals surface area contributed by atoms with E-state index in [4.69, 9.17) is 0 Å². The molecular formula is C24H30N2O. The molecule has 142 valence electrons. The Balaban J connectivity index is 1.46. The zero-order valence-electron chi connectivity index (χ0n) is 16.3. The summed E-state index contributed by atoms with van der Waals surface area (Å²) < 4.78 is 0. The standard InChI is InChI=1S/C24H30N2O/c1-2-25-18-22(20-9-5-3-6-10-20)17-24(19-25)13-15-26(16-14-24)23(27)21-11-7-4-8-12-21/h3-12,22H,2,13-19H2,1H3/t22-/m1/s1. The van der Waals surface area contributed by atoms with Crippen molar-refractivity contribution in [2.24, 2.45) is 5.41 Å². The molecule has 2 aromatic rings. The van der Waals surface area contributed by atoms with Crippen LogP contribution in [0, 0.1) is 5.41 Å². The Morgan fingerprint density at radius 1 is 1.00 bits per heavy atom. The van der Waals surface area contributed by atoms with Gasteiger partial charge in [-0.05, 0) is 54.8 Å². The van der Waals surface area contributed by atoms with E-state index in [1.165, 1.54) is 18.5 Å². The van der Waals surface area contributed by atoms with Crippen LogP contribution < -0.4 is 0 Å². The van der Waals surface area contributed by atoms with Gasteiger partial charge in [0.15, 0.2) is 0 Å². The van der Waals surface area contributed by atoms with Crippen LogP contribution in [-0.4, -0.2) is 48.4 Å². The highest BCUT2D eigenvalue weighted by Gasteiger charge is 2.42. The van der Waals surface area contributed by atoms with Gasteiger partial charge in [-0.25, -0.2) is 0 Å². The van der Waals surface area contributed by atoms with Crippen molar-refractivity contribution < 1.29 is 4.79 Å². The van der Waals surface area contributed by atoms with Gasteiger partial charge in [0.05, 0.1) is 0 Å². The summed E-state index contributed by atoms with van der Waals surface area (Å²) in [5, 5.41) is 0. The Kier molecular flexibility index (Phi) is 5.31. The number of hydrogen-bond donors (Lipinski definition) is 0. The fourth-order valence-electron chi connectivity index (χ4n) is 5.00. The minimum Gasteiger partial charge on any atom is -0.339 e. The Bertz CT molecular complexity index is 750. The zero-order valence-corrected chi connectivity index (χ0v) is 16.3. The highest BCUT2D eigenvalue weighted by molar-refractivity contribution is 5.94. The first-order valence-corrected chi connectivity index (χ1v) is 10.3. The van der Waals surface area contributed by atoms with Gasteiger partial charge in [-0.15, -0.1) is 0 Å². The lowest BCUT2D eigenvalue weighted by Crippen LogP contribution is -2.52. The maximum absolute atomic E-state index is 12.8. The van der Waals surface area contributed by atoms with Gasteiger partial charge >= 0.3 is 0 Å². The zero-order chi connectivity index (χ0) is 18.7. The van der Waals surface area contributed by atoms with E-state index in [-0.39, 0.29) is 5.91 Å². The van der Waals surface area contributed by atoms with Crippen molar-refractivity contribution in [2.45, 2.75) is 32.1 Å². The van der Waals surface area contributed by atoms with Crippen LogP contribution in [0.1, 0.15) is 48.0 Å². The molecule has 2 aliphatic rings. The SMILES string of the molecule is CCN1C[C@H](c2ccccc2)CC2(CCN(C(=O)c3ccccc3)CC2)C1. The third-order valence-corrected chi connectivity index (χ3v) is 6.57. The summed E-state index contributed by atoms with van der Waals surface area (Å²) >= 11 is 0. The maximum Gasteiger partial charge on any atom is 0.253 e. The molecule has 1 atom stereocenters. The quantitative estimate of drug-likeness (QED) is 0.807. The second-order valence-corrected chi connectivity index (χ2v) is 8.30. The van der Waals surface area contributed by atoms with E-state index in [0.29, 0.717) is 11.3 Å². The molecule has 2 saturated heterocycles. The lowest BCUT2D eigenvalue weighted by atomic mass is 9.68. The van der Waals surface area contributed by atoms with Gasteiger partial charge in [-0.2, -0.15) is 0 Å². The van der Waals surface area contributed by atoms with Crippen molar-refractivity contribution in [1.82, 2.24) is 9.80 Å². The van der Waals surface area contributed by atoms with E-state index in [1.807, 2.05) is 30.3 Å². The van der Waals surface area contributed by atoms with Crippen LogP contribution >= 0.6 is 0 Å². The van der Waals surface area contributed by atoms with Crippen molar-refractivity contribution in [3.8, 4) is 0 Å². The lowest BCUT2D eigenvalue weighted by Gasteiger charge is -2.50. The summed E-state index contributed by atoms with van der Waals surface area (Å²) in [5.41, 5.74) is 2.63. The van der Waals surface area contributed by atoms with Crippen molar-refractivity contribution in [1.29, 1.82) is 0 Å². The molecule has 2 aromatic carbocycles. The van der Waals surface area contributed by atoms with Crippen molar-refractivity contribution in [2.75, 3.05) is 32.7 Å². The number of hydrogen-bond acceptors (Lipinski definition) is 2.